The molecule has 0 aliphatic rings. The number of hydrogen-bond donors (Lipinski definition) is 2. The van der Waals surface area contributed by atoms with E-state index in [0.29, 0.717) is 10.8 Å². The average molecular weight is 316 g/mol. The summed E-state index contributed by atoms with van der Waals surface area (Å²) < 4.78 is 10.1. The fraction of sp³-hybridized carbons (Fsp3) is 0.429. The summed E-state index contributed by atoms with van der Waals surface area (Å²) >= 11 is 5.88. The molecule has 0 fully saturated rings. The molecule has 6 nitrogen and oxygen atoms in total. The van der Waals surface area contributed by atoms with Gasteiger partial charge in [-0.15, -0.1) is 0 Å². The smallest absolute Gasteiger partial charge is 0.326 e. The van der Waals surface area contributed by atoms with Gasteiger partial charge in [-0.1, -0.05) is 11.6 Å². The second-order valence-electron chi connectivity index (χ2n) is 4.44. The third kappa shape index (κ3) is 6.01. The monoisotopic (exact) mass is 315 g/mol. The zero-order valence-corrected chi connectivity index (χ0v) is 12.6. The number of halogens is 1. The maximum atomic E-state index is 11.7. The molecule has 1 rings (SSSR count). The highest BCUT2D eigenvalue weighted by Gasteiger charge is 2.19. The number of hydrogen-bond acceptors (Lipinski definition) is 4. The van der Waals surface area contributed by atoms with Gasteiger partial charge in [0.15, 0.2) is 6.61 Å². The molecular weight excluding hydrogens is 298 g/mol. The number of carboxylic acid groups (broad SMARTS) is 1. The molecule has 116 valence electrons. The molecular formula is C14H18ClNO5. The highest BCUT2D eigenvalue weighted by atomic mass is 35.5. The molecule has 1 aromatic rings. The molecule has 0 radical (unpaired) electrons. The summed E-state index contributed by atoms with van der Waals surface area (Å²) in [5, 5.41) is 12.0. The van der Waals surface area contributed by atoms with Crippen molar-refractivity contribution in [2.75, 3.05) is 20.3 Å². The first kappa shape index (κ1) is 17.3. The fourth-order valence-corrected chi connectivity index (χ4v) is 1.70. The Hall–Kier alpha value is -1.79. The second-order valence-corrected chi connectivity index (χ2v) is 4.85. The number of aliphatic carboxylic acids is 1. The number of carbonyl (C=O) groups excluding carboxylic acids is 1. The molecule has 21 heavy (non-hydrogen) atoms. The van der Waals surface area contributed by atoms with E-state index < -0.39 is 17.9 Å². The number of rotatable bonds is 8. The third-order valence-electron chi connectivity index (χ3n) is 2.74. The van der Waals surface area contributed by atoms with Crippen molar-refractivity contribution in [3.63, 3.8) is 0 Å². The van der Waals surface area contributed by atoms with Crippen molar-refractivity contribution >= 4 is 23.5 Å². The summed E-state index contributed by atoms with van der Waals surface area (Å²) in [5.41, 5.74) is 0.832. The van der Waals surface area contributed by atoms with Crippen LogP contribution >= 0.6 is 11.6 Å². The van der Waals surface area contributed by atoms with E-state index in [9.17, 15) is 9.59 Å². The summed E-state index contributed by atoms with van der Waals surface area (Å²) in [7, 11) is 1.46. The first-order valence-corrected chi connectivity index (χ1v) is 6.72. The Morgan fingerprint density at radius 1 is 1.43 bits per heavy atom. The number of carbonyl (C=O) groups is 2. The van der Waals surface area contributed by atoms with Gasteiger partial charge < -0.3 is 19.9 Å². The molecule has 2 N–H and O–H groups in total. The number of carboxylic acids is 1. The van der Waals surface area contributed by atoms with Gasteiger partial charge in [-0.2, -0.15) is 0 Å². The van der Waals surface area contributed by atoms with E-state index in [2.05, 4.69) is 5.32 Å². The minimum absolute atomic E-state index is 0.192. The van der Waals surface area contributed by atoms with Gasteiger partial charge in [-0.25, -0.2) is 4.79 Å². The van der Waals surface area contributed by atoms with Gasteiger partial charge in [0.1, 0.15) is 11.8 Å². The zero-order chi connectivity index (χ0) is 15.8. The summed E-state index contributed by atoms with van der Waals surface area (Å²) in [4.78, 5) is 22.7. The lowest BCUT2D eigenvalue weighted by atomic mass is 10.2. The topological polar surface area (TPSA) is 84.9 Å². The first-order chi connectivity index (χ1) is 9.93. The van der Waals surface area contributed by atoms with Crippen molar-refractivity contribution in [2.45, 2.75) is 19.4 Å². The highest BCUT2D eigenvalue weighted by molar-refractivity contribution is 6.31. The van der Waals surface area contributed by atoms with Crippen LogP contribution < -0.4 is 10.1 Å². The van der Waals surface area contributed by atoms with Gasteiger partial charge >= 0.3 is 5.97 Å². The largest absolute Gasteiger partial charge is 0.484 e. The van der Waals surface area contributed by atoms with Crippen molar-refractivity contribution in [1.29, 1.82) is 0 Å². The summed E-state index contributed by atoms with van der Waals surface area (Å²) in [6, 6.07) is 4.02. The Labute approximate surface area is 128 Å². The first-order valence-electron chi connectivity index (χ1n) is 6.34. The minimum Gasteiger partial charge on any atom is -0.484 e. The third-order valence-corrected chi connectivity index (χ3v) is 3.17. The van der Waals surface area contributed by atoms with Gasteiger partial charge in [-0.05, 0) is 30.7 Å². The van der Waals surface area contributed by atoms with E-state index in [-0.39, 0.29) is 19.6 Å². The van der Waals surface area contributed by atoms with E-state index >= 15 is 0 Å². The average Bonchev–Trinajstić information content (AvgIpc) is 2.44. The predicted molar refractivity (Wildman–Crippen MR) is 77.7 cm³/mol. The van der Waals surface area contributed by atoms with Gasteiger partial charge in [0.25, 0.3) is 5.91 Å². The molecule has 1 atom stereocenters. The van der Waals surface area contributed by atoms with Crippen LogP contribution in [-0.2, 0) is 14.3 Å². The van der Waals surface area contributed by atoms with Crippen LogP contribution in [0.1, 0.15) is 12.0 Å². The van der Waals surface area contributed by atoms with Crippen LogP contribution in [0.3, 0.4) is 0 Å². The maximum Gasteiger partial charge on any atom is 0.326 e. The van der Waals surface area contributed by atoms with E-state index in [4.69, 9.17) is 26.2 Å². The second kappa shape index (κ2) is 8.49. The summed E-state index contributed by atoms with van der Waals surface area (Å²) in [6.45, 7) is 1.80. The predicted octanol–water partition coefficient (Wildman–Crippen LogP) is 1.63. The fourth-order valence-electron chi connectivity index (χ4n) is 1.58. The lowest BCUT2D eigenvalue weighted by Crippen LogP contribution is -2.43. The van der Waals surface area contributed by atoms with Crippen LogP contribution in [0.2, 0.25) is 5.02 Å². The quantitative estimate of drug-likeness (QED) is 0.761. The lowest BCUT2D eigenvalue weighted by molar-refractivity contribution is -0.142. The van der Waals surface area contributed by atoms with Crippen LogP contribution in [0, 0.1) is 6.92 Å². The van der Waals surface area contributed by atoms with Gasteiger partial charge in [0.2, 0.25) is 0 Å². The number of nitrogens with one attached hydrogen (secondary N) is 1. The Morgan fingerprint density at radius 2 is 2.14 bits per heavy atom. The van der Waals surface area contributed by atoms with E-state index in [1.165, 1.54) is 7.11 Å². The minimum atomic E-state index is -1.11. The summed E-state index contributed by atoms with van der Waals surface area (Å²) in [6.07, 6.45) is 0.192. The standard InChI is InChI=1S/C14H18ClNO5/c1-9-7-10(3-4-11(9)15)21-8-13(17)16-12(14(18)19)5-6-20-2/h3-4,7,12H,5-6,8H2,1-2H3,(H,16,17)(H,18,19). The molecule has 0 aliphatic heterocycles. The lowest BCUT2D eigenvalue weighted by Gasteiger charge is -2.14. The molecule has 0 heterocycles. The SMILES string of the molecule is COCCC(NC(=O)COc1ccc(Cl)c(C)c1)C(=O)O. The molecule has 0 saturated heterocycles. The van der Waals surface area contributed by atoms with Crippen molar-refractivity contribution in [2.24, 2.45) is 0 Å². The molecule has 1 aromatic carbocycles. The van der Waals surface area contributed by atoms with Gasteiger partial charge in [0, 0.05) is 25.2 Å². The Bertz CT molecular complexity index is 506. The molecule has 0 aliphatic carbocycles. The molecule has 1 unspecified atom stereocenters. The number of ether oxygens (including phenoxy) is 2. The van der Waals surface area contributed by atoms with Gasteiger partial charge in [-0.3, -0.25) is 4.79 Å². The molecule has 0 bridgehead atoms. The van der Waals surface area contributed by atoms with E-state index in [1.807, 2.05) is 6.92 Å². The van der Waals surface area contributed by atoms with Crippen molar-refractivity contribution < 1.29 is 24.2 Å². The number of amides is 1. The van der Waals surface area contributed by atoms with Crippen LogP contribution in [0.5, 0.6) is 5.75 Å². The Kier molecular flexibility index (Phi) is 6.98. The Balaban J connectivity index is 2.48. The van der Waals surface area contributed by atoms with Crippen LogP contribution in [0.4, 0.5) is 0 Å². The van der Waals surface area contributed by atoms with Crippen LogP contribution in [0.25, 0.3) is 0 Å². The number of methoxy groups -OCH3 is 1. The molecule has 0 saturated carbocycles. The maximum absolute atomic E-state index is 11.7. The van der Waals surface area contributed by atoms with Crippen LogP contribution in [-0.4, -0.2) is 43.3 Å². The Morgan fingerprint density at radius 3 is 2.71 bits per heavy atom. The normalized spacial score (nSPS) is 11.8. The molecule has 0 aromatic heterocycles. The van der Waals surface area contributed by atoms with Crippen molar-refractivity contribution in [3.05, 3.63) is 28.8 Å². The molecule has 1 amide bonds. The van der Waals surface area contributed by atoms with E-state index in [0.717, 1.165) is 5.56 Å². The summed E-state index contributed by atoms with van der Waals surface area (Å²) in [5.74, 6) is -1.12. The number of benzene rings is 1. The zero-order valence-electron chi connectivity index (χ0n) is 11.9. The number of aryl methyl sites for hydroxylation is 1. The van der Waals surface area contributed by atoms with Crippen molar-refractivity contribution in [3.8, 4) is 5.75 Å². The molecule has 7 heteroatoms. The van der Waals surface area contributed by atoms with Crippen molar-refractivity contribution in [1.82, 2.24) is 5.32 Å². The van der Waals surface area contributed by atoms with Gasteiger partial charge in [0.05, 0.1) is 0 Å². The van der Waals surface area contributed by atoms with E-state index in [1.54, 1.807) is 18.2 Å². The molecule has 0 spiro atoms. The van der Waals surface area contributed by atoms with Crippen LogP contribution in [0.15, 0.2) is 18.2 Å². The highest BCUT2D eigenvalue weighted by Crippen LogP contribution is 2.20.